The molecular formula is C19H15ClN2O2S. The molecule has 2 aromatic heterocycles. The van der Waals surface area contributed by atoms with Gasteiger partial charge in [0.05, 0.1) is 34.6 Å². The van der Waals surface area contributed by atoms with E-state index in [1.54, 1.807) is 11.3 Å². The predicted molar refractivity (Wildman–Crippen MR) is 101 cm³/mol. The minimum absolute atomic E-state index is 0.174. The lowest BCUT2D eigenvalue weighted by Gasteiger charge is -2.06. The average molecular weight is 371 g/mol. The first kappa shape index (κ1) is 16.1. The fourth-order valence-electron chi connectivity index (χ4n) is 2.93. The topological polar surface area (TPSA) is 43.6 Å². The van der Waals surface area contributed by atoms with Gasteiger partial charge in [-0.2, -0.15) is 0 Å². The standard InChI is InChI=1S/C19H15ClN2O2S/c1-2-24-17(23)11-15-18(12-7-9-13(20)10-8-12)21-19-22(15)14-5-3-4-6-16(14)25-19/h3-10H,2,11H2,1H3. The van der Waals surface area contributed by atoms with Crippen LogP contribution >= 0.6 is 22.9 Å². The Kier molecular flexibility index (Phi) is 4.19. The molecule has 0 bridgehead atoms. The van der Waals surface area contributed by atoms with Gasteiger partial charge in [-0.05, 0) is 31.2 Å². The fourth-order valence-corrected chi connectivity index (χ4v) is 4.10. The highest BCUT2D eigenvalue weighted by atomic mass is 35.5. The summed E-state index contributed by atoms with van der Waals surface area (Å²) in [6.45, 7) is 2.17. The van der Waals surface area contributed by atoms with E-state index in [1.807, 2.05) is 49.4 Å². The highest BCUT2D eigenvalue weighted by Gasteiger charge is 2.20. The lowest BCUT2D eigenvalue weighted by Crippen LogP contribution is -2.10. The van der Waals surface area contributed by atoms with Crippen LogP contribution in [0.5, 0.6) is 0 Å². The van der Waals surface area contributed by atoms with Gasteiger partial charge in [0.1, 0.15) is 0 Å². The molecule has 0 saturated carbocycles. The fraction of sp³-hybridized carbons (Fsp3) is 0.158. The number of hydrogen-bond donors (Lipinski definition) is 0. The third-order valence-corrected chi connectivity index (χ3v) is 5.26. The number of thiazole rings is 1. The van der Waals surface area contributed by atoms with Gasteiger partial charge >= 0.3 is 5.97 Å². The van der Waals surface area contributed by atoms with Crippen molar-refractivity contribution in [1.29, 1.82) is 0 Å². The Hall–Kier alpha value is -2.37. The summed E-state index contributed by atoms with van der Waals surface area (Å²) in [5.41, 5.74) is 3.62. The number of hydrogen-bond acceptors (Lipinski definition) is 4. The van der Waals surface area contributed by atoms with E-state index in [0.717, 1.165) is 32.1 Å². The number of benzene rings is 2. The molecule has 0 unspecified atom stereocenters. The van der Waals surface area contributed by atoms with Crippen molar-refractivity contribution in [3.8, 4) is 11.3 Å². The smallest absolute Gasteiger partial charge is 0.311 e. The molecule has 25 heavy (non-hydrogen) atoms. The summed E-state index contributed by atoms with van der Waals surface area (Å²) in [5, 5.41) is 0.669. The van der Waals surface area contributed by atoms with Gasteiger partial charge < -0.3 is 4.74 Å². The molecule has 0 atom stereocenters. The molecule has 0 aliphatic heterocycles. The molecule has 0 saturated heterocycles. The van der Waals surface area contributed by atoms with Crippen LogP contribution in [0.1, 0.15) is 12.6 Å². The summed E-state index contributed by atoms with van der Waals surface area (Å²) < 4.78 is 8.36. The van der Waals surface area contributed by atoms with Gasteiger partial charge in [-0.3, -0.25) is 9.20 Å². The number of aromatic nitrogens is 2. The number of rotatable bonds is 4. The Bertz CT molecular complexity index is 1070. The largest absolute Gasteiger partial charge is 0.466 e. The van der Waals surface area contributed by atoms with E-state index in [9.17, 15) is 4.79 Å². The van der Waals surface area contributed by atoms with Crippen LogP contribution in [0.4, 0.5) is 0 Å². The minimum atomic E-state index is -0.255. The van der Waals surface area contributed by atoms with Crippen LogP contribution in [0.25, 0.3) is 26.4 Å². The number of ether oxygens (including phenoxy) is 1. The number of para-hydroxylation sites is 1. The Morgan fingerprint density at radius 2 is 1.96 bits per heavy atom. The van der Waals surface area contributed by atoms with Gasteiger partial charge in [-0.25, -0.2) is 4.98 Å². The molecule has 0 N–H and O–H groups in total. The maximum Gasteiger partial charge on any atom is 0.311 e. The van der Waals surface area contributed by atoms with Crippen molar-refractivity contribution in [3.63, 3.8) is 0 Å². The molecule has 2 heterocycles. The van der Waals surface area contributed by atoms with Crippen molar-refractivity contribution in [2.24, 2.45) is 0 Å². The summed E-state index contributed by atoms with van der Waals surface area (Å²) in [4.78, 5) is 17.8. The van der Waals surface area contributed by atoms with Crippen molar-refractivity contribution >= 4 is 44.1 Å². The average Bonchev–Trinajstić information content (AvgIpc) is 3.13. The summed E-state index contributed by atoms with van der Waals surface area (Å²) >= 11 is 7.61. The molecule has 0 aliphatic rings. The van der Waals surface area contributed by atoms with Crippen LogP contribution < -0.4 is 0 Å². The van der Waals surface area contributed by atoms with E-state index < -0.39 is 0 Å². The van der Waals surface area contributed by atoms with Crippen molar-refractivity contribution in [2.75, 3.05) is 6.61 Å². The van der Waals surface area contributed by atoms with Gasteiger partial charge in [-0.1, -0.05) is 47.2 Å². The molecule has 0 fully saturated rings. The van der Waals surface area contributed by atoms with E-state index in [1.165, 1.54) is 0 Å². The van der Waals surface area contributed by atoms with Gasteiger partial charge in [0.15, 0.2) is 4.96 Å². The maximum absolute atomic E-state index is 12.2. The molecule has 0 aliphatic carbocycles. The summed E-state index contributed by atoms with van der Waals surface area (Å²) in [5.74, 6) is -0.255. The van der Waals surface area contributed by atoms with Gasteiger partial charge in [0.25, 0.3) is 0 Å². The number of nitrogens with zero attached hydrogens (tertiary/aromatic N) is 2. The number of fused-ring (bicyclic) bond motifs is 3. The lowest BCUT2D eigenvalue weighted by atomic mass is 10.1. The first-order chi connectivity index (χ1) is 12.2. The van der Waals surface area contributed by atoms with E-state index in [2.05, 4.69) is 10.5 Å². The van der Waals surface area contributed by atoms with Gasteiger partial charge in [-0.15, -0.1) is 0 Å². The molecule has 4 nitrogen and oxygen atoms in total. The van der Waals surface area contributed by atoms with E-state index >= 15 is 0 Å². The second-order valence-electron chi connectivity index (χ2n) is 5.58. The zero-order valence-corrected chi connectivity index (χ0v) is 15.1. The normalized spacial score (nSPS) is 11.3. The van der Waals surface area contributed by atoms with Crippen molar-refractivity contribution in [1.82, 2.24) is 9.38 Å². The van der Waals surface area contributed by atoms with Crippen molar-refractivity contribution in [2.45, 2.75) is 13.3 Å². The maximum atomic E-state index is 12.2. The van der Waals surface area contributed by atoms with Crippen LogP contribution in [0.2, 0.25) is 5.02 Å². The molecular weight excluding hydrogens is 356 g/mol. The predicted octanol–water partition coefficient (Wildman–Crippen LogP) is 4.98. The summed E-state index contributed by atoms with van der Waals surface area (Å²) in [7, 11) is 0. The zero-order chi connectivity index (χ0) is 17.4. The summed E-state index contributed by atoms with van der Waals surface area (Å²) in [6, 6.07) is 15.6. The highest BCUT2D eigenvalue weighted by Crippen LogP contribution is 2.33. The lowest BCUT2D eigenvalue weighted by molar-refractivity contribution is -0.142. The molecule has 2 aromatic carbocycles. The van der Waals surface area contributed by atoms with E-state index in [-0.39, 0.29) is 12.4 Å². The molecule has 0 spiro atoms. The Labute approximate surface area is 153 Å². The number of imidazole rings is 1. The SMILES string of the molecule is CCOC(=O)Cc1c(-c2ccc(Cl)cc2)nc2sc3ccccc3n12. The molecule has 126 valence electrons. The number of carbonyl (C=O) groups is 1. The zero-order valence-electron chi connectivity index (χ0n) is 13.5. The third-order valence-electron chi connectivity index (χ3n) is 3.98. The first-order valence-electron chi connectivity index (χ1n) is 7.98. The van der Waals surface area contributed by atoms with Crippen molar-refractivity contribution in [3.05, 3.63) is 59.2 Å². The van der Waals surface area contributed by atoms with Crippen LogP contribution in [-0.4, -0.2) is 22.0 Å². The molecule has 4 aromatic rings. The first-order valence-corrected chi connectivity index (χ1v) is 9.17. The van der Waals surface area contributed by atoms with E-state index in [0.29, 0.717) is 11.6 Å². The molecule has 0 amide bonds. The number of carbonyl (C=O) groups excluding carboxylic acids is 1. The Balaban J connectivity index is 1.95. The number of esters is 1. The molecule has 4 rings (SSSR count). The molecule has 0 radical (unpaired) electrons. The second-order valence-corrected chi connectivity index (χ2v) is 7.03. The van der Waals surface area contributed by atoms with Crippen LogP contribution in [0.3, 0.4) is 0 Å². The quantitative estimate of drug-likeness (QED) is 0.476. The number of halogens is 1. The van der Waals surface area contributed by atoms with E-state index in [4.69, 9.17) is 21.3 Å². The Morgan fingerprint density at radius 3 is 2.72 bits per heavy atom. The van der Waals surface area contributed by atoms with Crippen LogP contribution in [0, 0.1) is 0 Å². The van der Waals surface area contributed by atoms with Gasteiger partial charge in [0.2, 0.25) is 0 Å². The summed E-state index contributed by atoms with van der Waals surface area (Å²) in [6.07, 6.45) is 0.174. The molecule has 6 heteroatoms. The minimum Gasteiger partial charge on any atom is -0.466 e. The highest BCUT2D eigenvalue weighted by molar-refractivity contribution is 7.23. The van der Waals surface area contributed by atoms with Gasteiger partial charge in [0, 0.05) is 10.6 Å². The van der Waals surface area contributed by atoms with Crippen LogP contribution in [-0.2, 0) is 16.0 Å². The second kappa shape index (κ2) is 6.50. The third kappa shape index (κ3) is 2.90. The van der Waals surface area contributed by atoms with Crippen LogP contribution in [0.15, 0.2) is 48.5 Å². The Morgan fingerprint density at radius 1 is 1.20 bits per heavy atom. The van der Waals surface area contributed by atoms with Crippen molar-refractivity contribution < 1.29 is 9.53 Å². The monoisotopic (exact) mass is 370 g/mol.